The zero-order chi connectivity index (χ0) is 17.3. The minimum atomic E-state index is -1.12. The molecule has 2 unspecified atom stereocenters. The molecule has 1 aromatic carbocycles. The summed E-state index contributed by atoms with van der Waals surface area (Å²) in [5.74, 6) is -0.228. The third-order valence-electron chi connectivity index (χ3n) is 4.55. The van der Waals surface area contributed by atoms with E-state index in [1.54, 1.807) is 13.0 Å². The Hall–Kier alpha value is -1.63. The molecule has 1 aliphatic carbocycles. The van der Waals surface area contributed by atoms with Gasteiger partial charge < -0.3 is 16.0 Å². The molecule has 2 atom stereocenters. The van der Waals surface area contributed by atoms with E-state index in [0.717, 1.165) is 40.6 Å². The van der Waals surface area contributed by atoms with Crippen molar-refractivity contribution in [1.29, 1.82) is 0 Å². The number of benzene rings is 1. The van der Waals surface area contributed by atoms with E-state index >= 15 is 0 Å². The summed E-state index contributed by atoms with van der Waals surface area (Å²) in [5.41, 5.74) is 7.70. The van der Waals surface area contributed by atoms with Crippen LogP contribution in [0.5, 0.6) is 0 Å². The number of H-pyrrole nitrogens is 1. The molecule has 134 valence electrons. The Morgan fingerprint density at radius 2 is 1.96 bits per heavy atom. The minimum Gasteiger partial charge on any atom is -0.347 e. The molecule has 4 N–H and O–H groups in total. The Labute approximate surface area is 160 Å². The second kappa shape index (κ2) is 7.72. The van der Waals surface area contributed by atoms with Crippen LogP contribution in [0.25, 0.3) is 0 Å². The number of hydrogen-bond donors (Lipinski definition) is 3. The molecule has 5 nitrogen and oxygen atoms in total. The molecule has 0 saturated heterocycles. The van der Waals surface area contributed by atoms with Crippen molar-refractivity contribution in [3.05, 3.63) is 68.0 Å². The van der Waals surface area contributed by atoms with Gasteiger partial charge in [0.2, 0.25) is 11.5 Å². The van der Waals surface area contributed by atoms with E-state index in [4.69, 9.17) is 5.73 Å². The number of aromatic nitrogens is 1. The molecule has 7 heteroatoms. The number of nitrogens with two attached hydrogens (primary N) is 1. The number of pyridine rings is 1. The number of fused-ring (bicyclic) bond motifs is 1. The summed E-state index contributed by atoms with van der Waals surface area (Å²) in [5, 5.41) is 3.05. The van der Waals surface area contributed by atoms with Crippen LogP contribution < -0.4 is 16.6 Å². The summed E-state index contributed by atoms with van der Waals surface area (Å²) in [4.78, 5) is 27.1. The number of halogens is 2. The zero-order valence-electron chi connectivity index (χ0n) is 13.8. The third-order valence-corrected chi connectivity index (χ3v) is 5.08. The van der Waals surface area contributed by atoms with Crippen molar-refractivity contribution in [1.82, 2.24) is 10.3 Å². The summed E-state index contributed by atoms with van der Waals surface area (Å²) in [6.45, 7) is 1.71. The lowest BCUT2D eigenvalue weighted by Crippen LogP contribution is -2.50. The largest absolute Gasteiger partial charge is 0.347 e. The summed E-state index contributed by atoms with van der Waals surface area (Å²) >= 11 is 3.38. The minimum absolute atomic E-state index is 0. The van der Waals surface area contributed by atoms with Crippen LogP contribution in [0.15, 0.2) is 45.7 Å². The molecule has 1 amide bonds. The van der Waals surface area contributed by atoms with Crippen molar-refractivity contribution < 1.29 is 4.79 Å². The van der Waals surface area contributed by atoms with Crippen molar-refractivity contribution in [2.24, 2.45) is 5.73 Å². The monoisotopic (exact) mass is 425 g/mol. The molecular formula is C18H21BrClN3O2. The summed E-state index contributed by atoms with van der Waals surface area (Å²) in [6.07, 6.45) is 2.57. The molecule has 0 fully saturated rings. The molecule has 0 bridgehead atoms. The molecule has 3 rings (SSSR count). The van der Waals surface area contributed by atoms with Gasteiger partial charge >= 0.3 is 0 Å². The Kier molecular flexibility index (Phi) is 6.08. The van der Waals surface area contributed by atoms with Crippen LogP contribution in [0, 0.1) is 0 Å². The number of amides is 1. The van der Waals surface area contributed by atoms with Crippen LogP contribution in [-0.4, -0.2) is 10.9 Å². The van der Waals surface area contributed by atoms with E-state index in [9.17, 15) is 9.59 Å². The second-order valence-corrected chi connectivity index (χ2v) is 7.30. The summed E-state index contributed by atoms with van der Waals surface area (Å²) in [6, 6.07) is 10.6. The predicted octanol–water partition coefficient (Wildman–Crippen LogP) is 2.93. The van der Waals surface area contributed by atoms with Gasteiger partial charge in [0, 0.05) is 16.2 Å². The first-order chi connectivity index (χ1) is 11.4. The number of carbonyl (C=O) groups excluding carboxylic acids is 1. The van der Waals surface area contributed by atoms with Crippen molar-refractivity contribution in [2.75, 3.05) is 0 Å². The molecule has 1 aliphatic rings. The number of nitrogens with one attached hydrogen (secondary N) is 2. The Morgan fingerprint density at radius 3 is 2.64 bits per heavy atom. The van der Waals surface area contributed by atoms with E-state index in [1.165, 1.54) is 6.07 Å². The maximum Gasteiger partial charge on any atom is 0.248 e. The Bertz CT molecular complexity index is 818. The van der Waals surface area contributed by atoms with Gasteiger partial charge in [-0.25, -0.2) is 0 Å². The highest BCUT2D eigenvalue weighted by Crippen LogP contribution is 2.29. The lowest BCUT2D eigenvalue weighted by molar-refractivity contribution is -0.127. The highest BCUT2D eigenvalue weighted by Gasteiger charge is 2.33. The molecule has 0 saturated carbocycles. The third kappa shape index (κ3) is 4.14. The quantitative estimate of drug-likeness (QED) is 0.705. The number of aromatic amines is 1. The average molecular weight is 427 g/mol. The first kappa shape index (κ1) is 19.7. The van der Waals surface area contributed by atoms with Crippen molar-refractivity contribution >= 4 is 34.2 Å². The van der Waals surface area contributed by atoms with Gasteiger partial charge in [0.15, 0.2) is 0 Å². The van der Waals surface area contributed by atoms with Gasteiger partial charge in [-0.3, -0.25) is 9.59 Å². The van der Waals surface area contributed by atoms with Crippen molar-refractivity contribution in [3.63, 3.8) is 0 Å². The Balaban J connectivity index is 0.00000225. The smallest absolute Gasteiger partial charge is 0.248 e. The standard InChI is InChI=1S/C18H20BrN3O2.ClH/c1-18(20,11-5-7-12(19)8-6-11)17(24)22-15-4-2-3-14-13(15)9-10-16(23)21-14;/h5-10,15H,2-4,20H2,1H3,(H,21,23)(H,22,24);1H. The maximum atomic E-state index is 12.8. The van der Waals surface area contributed by atoms with E-state index in [-0.39, 0.29) is 29.9 Å². The van der Waals surface area contributed by atoms with Crippen LogP contribution >= 0.6 is 28.3 Å². The highest BCUT2D eigenvalue weighted by atomic mass is 79.9. The fraction of sp³-hybridized carbons (Fsp3) is 0.333. The summed E-state index contributed by atoms with van der Waals surface area (Å²) < 4.78 is 0.938. The van der Waals surface area contributed by atoms with E-state index in [1.807, 2.05) is 24.3 Å². The van der Waals surface area contributed by atoms with E-state index in [2.05, 4.69) is 26.2 Å². The second-order valence-electron chi connectivity index (χ2n) is 6.38. The molecule has 0 spiro atoms. The van der Waals surface area contributed by atoms with Gasteiger partial charge in [-0.05, 0) is 55.5 Å². The molecule has 0 aliphatic heterocycles. The van der Waals surface area contributed by atoms with E-state index in [0.29, 0.717) is 0 Å². The van der Waals surface area contributed by atoms with Gasteiger partial charge in [-0.2, -0.15) is 0 Å². The van der Waals surface area contributed by atoms with Crippen LogP contribution in [0.4, 0.5) is 0 Å². The van der Waals surface area contributed by atoms with Crippen molar-refractivity contribution in [3.8, 4) is 0 Å². The normalized spacial score (nSPS) is 18.4. The zero-order valence-corrected chi connectivity index (χ0v) is 16.2. The van der Waals surface area contributed by atoms with Crippen LogP contribution in [0.2, 0.25) is 0 Å². The highest BCUT2D eigenvalue weighted by molar-refractivity contribution is 9.10. The van der Waals surface area contributed by atoms with Gasteiger partial charge in [0.25, 0.3) is 0 Å². The molecule has 25 heavy (non-hydrogen) atoms. The number of hydrogen-bond acceptors (Lipinski definition) is 3. The predicted molar refractivity (Wildman–Crippen MR) is 104 cm³/mol. The molecule has 2 aromatic rings. The summed E-state index contributed by atoms with van der Waals surface area (Å²) in [7, 11) is 0. The first-order valence-corrected chi connectivity index (χ1v) is 8.75. The van der Waals surface area contributed by atoms with Crippen LogP contribution in [0.1, 0.15) is 42.6 Å². The topological polar surface area (TPSA) is 88.0 Å². The van der Waals surface area contributed by atoms with Gasteiger partial charge in [-0.15, -0.1) is 12.4 Å². The lowest BCUT2D eigenvalue weighted by atomic mass is 9.88. The Morgan fingerprint density at radius 1 is 1.28 bits per heavy atom. The van der Waals surface area contributed by atoms with Gasteiger partial charge in [0.05, 0.1) is 6.04 Å². The van der Waals surface area contributed by atoms with Crippen LogP contribution in [-0.2, 0) is 16.8 Å². The molecule has 1 aromatic heterocycles. The van der Waals surface area contributed by atoms with Crippen molar-refractivity contribution in [2.45, 2.75) is 37.8 Å². The maximum absolute atomic E-state index is 12.8. The number of carbonyl (C=O) groups is 1. The van der Waals surface area contributed by atoms with E-state index < -0.39 is 5.54 Å². The van der Waals surface area contributed by atoms with Gasteiger partial charge in [0.1, 0.15) is 5.54 Å². The number of aryl methyl sites for hydroxylation is 1. The molecular weight excluding hydrogens is 406 g/mol. The SMILES string of the molecule is CC(N)(C(=O)NC1CCCc2[nH]c(=O)ccc21)c1ccc(Br)cc1.Cl. The fourth-order valence-corrected chi connectivity index (χ4v) is 3.35. The van der Waals surface area contributed by atoms with Crippen LogP contribution in [0.3, 0.4) is 0 Å². The molecule has 1 heterocycles. The average Bonchev–Trinajstić information content (AvgIpc) is 2.55. The molecule has 0 radical (unpaired) electrons. The van der Waals surface area contributed by atoms with Gasteiger partial charge in [-0.1, -0.05) is 28.1 Å². The fourth-order valence-electron chi connectivity index (χ4n) is 3.09. The lowest BCUT2D eigenvalue weighted by Gasteiger charge is -2.30. The first-order valence-electron chi connectivity index (χ1n) is 7.96. The number of rotatable bonds is 3.